The van der Waals surface area contributed by atoms with Gasteiger partial charge in [0.2, 0.25) is 0 Å². The maximum atomic E-state index is 12.8. The van der Waals surface area contributed by atoms with Gasteiger partial charge in [0, 0.05) is 5.02 Å². The van der Waals surface area contributed by atoms with Crippen molar-refractivity contribution in [2.45, 2.75) is 0 Å². The van der Waals surface area contributed by atoms with Gasteiger partial charge >= 0.3 is 6.03 Å². The summed E-state index contributed by atoms with van der Waals surface area (Å²) in [7, 11) is -4.00. The minimum absolute atomic E-state index is 0.545. The number of carbonyl (C=O) groups is 1. The van der Waals surface area contributed by atoms with Gasteiger partial charge in [-0.2, -0.15) is 0 Å². The number of urea groups is 1. The molecule has 5 nitrogen and oxygen atoms in total. The zero-order valence-corrected chi connectivity index (χ0v) is 16.3. The minimum atomic E-state index is -4.00. The minimum Gasteiger partial charge on any atom is -0.262 e. The SMILES string of the molecule is O=C(NS(=O)(=O)C=Cc1ccc(Cl)cc1)N(c1ccccc1)c1ccccc1. The lowest BCUT2D eigenvalue weighted by molar-refractivity contribution is 0.253. The maximum absolute atomic E-state index is 12.8. The van der Waals surface area contributed by atoms with Crippen LogP contribution in [0.5, 0.6) is 0 Å². The van der Waals surface area contributed by atoms with Crippen LogP contribution in [-0.2, 0) is 10.0 Å². The number of carbonyl (C=O) groups excluding carboxylic acids is 1. The van der Waals surface area contributed by atoms with E-state index in [-0.39, 0.29) is 0 Å². The number of nitrogens with zero attached hydrogens (tertiary/aromatic N) is 1. The van der Waals surface area contributed by atoms with Crippen molar-refractivity contribution < 1.29 is 13.2 Å². The lowest BCUT2D eigenvalue weighted by Gasteiger charge is -2.22. The predicted molar refractivity (Wildman–Crippen MR) is 113 cm³/mol. The molecule has 28 heavy (non-hydrogen) atoms. The summed E-state index contributed by atoms with van der Waals surface area (Å²) in [5.74, 6) is 0. The molecule has 3 aromatic rings. The van der Waals surface area contributed by atoms with E-state index in [2.05, 4.69) is 4.72 Å². The molecule has 1 N–H and O–H groups in total. The lowest BCUT2D eigenvalue weighted by Crippen LogP contribution is -2.39. The van der Waals surface area contributed by atoms with Crippen LogP contribution >= 0.6 is 11.6 Å². The molecule has 0 saturated carbocycles. The summed E-state index contributed by atoms with van der Waals surface area (Å²) < 4.78 is 26.8. The molecule has 0 bridgehead atoms. The fourth-order valence-electron chi connectivity index (χ4n) is 2.48. The molecular weight excluding hydrogens is 396 g/mol. The zero-order chi connectivity index (χ0) is 20.0. The fourth-order valence-corrected chi connectivity index (χ4v) is 3.35. The first-order valence-corrected chi connectivity index (χ1v) is 10.3. The van der Waals surface area contributed by atoms with Crippen molar-refractivity contribution in [3.63, 3.8) is 0 Å². The van der Waals surface area contributed by atoms with Crippen molar-refractivity contribution in [1.29, 1.82) is 0 Å². The largest absolute Gasteiger partial charge is 0.340 e. The molecule has 0 aliphatic rings. The smallest absolute Gasteiger partial charge is 0.262 e. The number of nitrogens with one attached hydrogen (secondary N) is 1. The summed E-state index contributed by atoms with van der Waals surface area (Å²) in [5, 5.41) is 1.50. The molecule has 0 aliphatic heterocycles. The van der Waals surface area contributed by atoms with Gasteiger partial charge in [-0.05, 0) is 48.0 Å². The van der Waals surface area contributed by atoms with Gasteiger partial charge in [-0.25, -0.2) is 17.9 Å². The fraction of sp³-hybridized carbons (Fsp3) is 0. The number of rotatable bonds is 5. The molecule has 3 rings (SSSR count). The summed E-state index contributed by atoms with van der Waals surface area (Å²) in [6, 6.07) is 23.5. The highest BCUT2D eigenvalue weighted by Crippen LogP contribution is 2.25. The van der Waals surface area contributed by atoms with E-state index in [0.717, 1.165) is 5.41 Å². The van der Waals surface area contributed by atoms with E-state index in [1.807, 2.05) is 12.1 Å². The molecule has 0 fully saturated rings. The van der Waals surface area contributed by atoms with Gasteiger partial charge in [-0.3, -0.25) is 4.90 Å². The van der Waals surface area contributed by atoms with Crippen molar-refractivity contribution >= 4 is 45.1 Å². The summed E-state index contributed by atoms with van der Waals surface area (Å²) in [4.78, 5) is 14.1. The number of hydrogen-bond donors (Lipinski definition) is 1. The van der Waals surface area contributed by atoms with Crippen LogP contribution in [0.2, 0.25) is 5.02 Å². The third kappa shape index (κ3) is 5.22. The highest BCUT2D eigenvalue weighted by Gasteiger charge is 2.21. The van der Waals surface area contributed by atoms with Gasteiger partial charge in [0.1, 0.15) is 0 Å². The van der Waals surface area contributed by atoms with Crippen molar-refractivity contribution in [2.24, 2.45) is 0 Å². The molecule has 0 radical (unpaired) electrons. The third-order valence-electron chi connectivity index (χ3n) is 3.77. The number of hydrogen-bond acceptors (Lipinski definition) is 3. The van der Waals surface area contributed by atoms with Crippen LogP contribution in [-0.4, -0.2) is 14.4 Å². The Morgan fingerprint density at radius 3 is 1.82 bits per heavy atom. The lowest BCUT2D eigenvalue weighted by atomic mass is 10.2. The molecule has 0 heterocycles. The molecular formula is C21H17ClN2O3S. The number of anilines is 2. The van der Waals surface area contributed by atoms with Crippen molar-refractivity contribution in [1.82, 2.24) is 4.72 Å². The van der Waals surface area contributed by atoms with Crippen LogP contribution in [0.3, 0.4) is 0 Å². The zero-order valence-electron chi connectivity index (χ0n) is 14.7. The molecule has 0 spiro atoms. The second-order valence-electron chi connectivity index (χ2n) is 5.81. The topological polar surface area (TPSA) is 66.5 Å². The summed E-state index contributed by atoms with van der Waals surface area (Å²) in [6.07, 6.45) is 1.39. The summed E-state index contributed by atoms with van der Waals surface area (Å²) in [6.45, 7) is 0. The van der Waals surface area contributed by atoms with Gasteiger partial charge in [-0.15, -0.1) is 0 Å². The van der Waals surface area contributed by atoms with Crippen LogP contribution in [0.15, 0.2) is 90.3 Å². The van der Waals surface area contributed by atoms with Crippen LogP contribution in [0, 0.1) is 0 Å². The molecule has 0 saturated heterocycles. The number of amides is 2. The Kier molecular flexibility index (Phi) is 6.13. The van der Waals surface area contributed by atoms with Crippen molar-refractivity contribution in [3.05, 3.63) is 101 Å². The average Bonchev–Trinajstić information content (AvgIpc) is 2.69. The monoisotopic (exact) mass is 412 g/mol. The highest BCUT2D eigenvalue weighted by molar-refractivity contribution is 7.93. The van der Waals surface area contributed by atoms with E-state index >= 15 is 0 Å². The Labute approximate surface area is 168 Å². The van der Waals surface area contributed by atoms with Crippen molar-refractivity contribution in [2.75, 3.05) is 4.90 Å². The molecule has 0 atom stereocenters. The van der Waals surface area contributed by atoms with E-state index in [1.165, 1.54) is 11.0 Å². The molecule has 3 aromatic carbocycles. The van der Waals surface area contributed by atoms with Crippen LogP contribution in [0.25, 0.3) is 6.08 Å². The van der Waals surface area contributed by atoms with Crippen LogP contribution < -0.4 is 9.62 Å². The average molecular weight is 413 g/mol. The quantitative estimate of drug-likeness (QED) is 0.627. The van der Waals surface area contributed by atoms with Crippen LogP contribution in [0.1, 0.15) is 5.56 Å². The highest BCUT2D eigenvalue weighted by atomic mass is 35.5. The second-order valence-corrected chi connectivity index (χ2v) is 7.82. The predicted octanol–water partition coefficient (Wildman–Crippen LogP) is 5.19. The first-order valence-electron chi connectivity index (χ1n) is 8.35. The van der Waals surface area contributed by atoms with E-state index in [4.69, 9.17) is 11.6 Å². The summed E-state index contributed by atoms with van der Waals surface area (Å²) in [5.41, 5.74) is 1.73. The Balaban J connectivity index is 1.84. The first-order chi connectivity index (χ1) is 13.4. The Hall–Kier alpha value is -3.09. The number of sulfonamides is 1. The van der Waals surface area contributed by atoms with Gasteiger partial charge in [-0.1, -0.05) is 60.1 Å². The van der Waals surface area contributed by atoms with Gasteiger partial charge in [0.15, 0.2) is 0 Å². The van der Waals surface area contributed by atoms with Crippen molar-refractivity contribution in [3.8, 4) is 0 Å². The van der Waals surface area contributed by atoms with Gasteiger partial charge < -0.3 is 0 Å². The number of benzene rings is 3. The molecule has 0 unspecified atom stereocenters. The molecule has 142 valence electrons. The van der Waals surface area contributed by atoms with E-state index in [9.17, 15) is 13.2 Å². The first kappa shape index (κ1) is 19.7. The van der Waals surface area contributed by atoms with Gasteiger partial charge in [0.25, 0.3) is 10.0 Å². The maximum Gasteiger partial charge on any atom is 0.340 e. The van der Waals surface area contributed by atoms with E-state index in [0.29, 0.717) is 22.0 Å². The van der Waals surface area contributed by atoms with Gasteiger partial charge in [0.05, 0.1) is 16.8 Å². The summed E-state index contributed by atoms with van der Waals surface area (Å²) >= 11 is 5.82. The molecule has 0 aliphatic carbocycles. The third-order valence-corrected chi connectivity index (χ3v) is 4.98. The molecule has 7 heteroatoms. The molecule has 0 aromatic heterocycles. The Bertz CT molecular complexity index is 1030. The number of para-hydroxylation sites is 2. The molecule has 2 amide bonds. The second kappa shape index (κ2) is 8.73. The Morgan fingerprint density at radius 2 is 1.32 bits per heavy atom. The van der Waals surface area contributed by atoms with E-state index in [1.54, 1.807) is 72.8 Å². The Morgan fingerprint density at radius 1 is 0.821 bits per heavy atom. The normalized spacial score (nSPS) is 11.3. The van der Waals surface area contributed by atoms with Crippen LogP contribution in [0.4, 0.5) is 16.2 Å². The van der Waals surface area contributed by atoms with E-state index < -0.39 is 16.1 Å². The number of halogens is 1. The standard InChI is InChI=1S/C21H17ClN2O3S/c22-18-13-11-17(12-14-18)15-16-28(26,27)23-21(25)24(19-7-3-1-4-8-19)20-9-5-2-6-10-20/h1-16H,(H,23,25).